The summed E-state index contributed by atoms with van der Waals surface area (Å²) in [6.45, 7) is 0.516. The highest BCUT2D eigenvalue weighted by molar-refractivity contribution is 7.17. The number of nitrogens with zero attached hydrogens (tertiary/aromatic N) is 2. The summed E-state index contributed by atoms with van der Waals surface area (Å²) in [6, 6.07) is 6.94. The smallest absolute Gasteiger partial charge is 0.141 e. The molecular formula is C14H12FN3S. The number of aromatic nitrogens is 2. The van der Waals surface area contributed by atoms with Gasteiger partial charge in [0.25, 0.3) is 0 Å². The molecule has 3 rings (SSSR count). The Morgan fingerprint density at radius 2 is 2.16 bits per heavy atom. The van der Waals surface area contributed by atoms with Crippen molar-refractivity contribution >= 4 is 21.4 Å². The lowest BCUT2D eigenvalue weighted by molar-refractivity contribution is 0.642. The molecule has 96 valence electrons. The molecule has 19 heavy (non-hydrogen) atoms. The predicted molar refractivity (Wildman–Crippen MR) is 75.6 cm³/mol. The zero-order valence-corrected chi connectivity index (χ0v) is 11.0. The van der Waals surface area contributed by atoms with E-state index in [-0.39, 0.29) is 5.82 Å². The first-order valence-electron chi connectivity index (χ1n) is 5.97. The van der Waals surface area contributed by atoms with Crippen LogP contribution in [0.5, 0.6) is 0 Å². The van der Waals surface area contributed by atoms with E-state index in [2.05, 4.69) is 9.97 Å². The van der Waals surface area contributed by atoms with Crippen molar-refractivity contribution in [1.82, 2.24) is 9.97 Å². The Balaban J connectivity index is 2.14. The summed E-state index contributed by atoms with van der Waals surface area (Å²) in [5.41, 5.74) is 7.27. The molecule has 2 heterocycles. The number of nitrogens with two attached hydrogens (primary N) is 1. The molecular weight excluding hydrogens is 261 g/mol. The van der Waals surface area contributed by atoms with Crippen LogP contribution in [0.25, 0.3) is 21.3 Å². The van der Waals surface area contributed by atoms with Crippen molar-refractivity contribution in [3.8, 4) is 11.3 Å². The van der Waals surface area contributed by atoms with E-state index in [1.165, 1.54) is 17.4 Å². The molecule has 0 unspecified atom stereocenters. The average Bonchev–Trinajstić information content (AvgIpc) is 2.85. The molecule has 0 aliphatic carbocycles. The van der Waals surface area contributed by atoms with E-state index in [0.29, 0.717) is 17.7 Å². The fourth-order valence-electron chi connectivity index (χ4n) is 2.02. The molecule has 2 aromatic heterocycles. The van der Waals surface area contributed by atoms with E-state index < -0.39 is 0 Å². The summed E-state index contributed by atoms with van der Waals surface area (Å²) in [5, 5.41) is 2.82. The summed E-state index contributed by atoms with van der Waals surface area (Å²) in [7, 11) is 0. The van der Waals surface area contributed by atoms with Crippen LogP contribution in [0.15, 0.2) is 35.8 Å². The third-order valence-electron chi connectivity index (χ3n) is 2.90. The molecule has 0 aliphatic heterocycles. The molecule has 2 N–H and O–H groups in total. The quantitative estimate of drug-likeness (QED) is 0.798. The van der Waals surface area contributed by atoms with Crippen molar-refractivity contribution < 1.29 is 4.39 Å². The minimum Gasteiger partial charge on any atom is -0.330 e. The van der Waals surface area contributed by atoms with Crippen molar-refractivity contribution in [3.63, 3.8) is 0 Å². The Morgan fingerprint density at radius 1 is 1.26 bits per heavy atom. The molecule has 0 atom stereocenters. The fraction of sp³-hybridized carbons (Fsp3) is 0.143. The lowest BCUT2D eigenvalue weighted by Crippen LogP contribution is -2.06. The lowest BCUT2D eigenvalue weighted by atomic mass is 10.1. The van der Waals surface area contributed by atoms with Gasteiger partial charge in [-0.2, -0.15) is 0 Å². The number of rotatable bonds is 3. The fourth-order valence-corrected chi connectivity index (χ4v) is 2.99. The molecule has 3 aromatic rings. The highest BCUT2D eigenvalue weighted by Gasteiger charge is 2.11. The zero-order chi connectivity index (χ0) is 13.2. The van der Waals surface area contributed by atoms with Gasteiger partial charge in [0, 0.05) is 28.9 Å². The molecule has 5 heteroatoms. The number of hydrogen-bond acceptors (Lipinski definition) is 4. The Kier molecular flexibility index (Phi) is 3.23. The van der Waals surface area contributed by atoms with Crippen molar-refractivity contribution in [3.05, 3.63) is 47.5 Å². The second kappa shape index (κ2) is 5.03. The van der Waals surface area contributed by atoms with E-state index in [1.54, 1.807) is 12.3 Å². The summed E-state index contributed by atoms with van der Waals surface area (Å²) < 4.78 is 14.3. The zero-order valence-electron chi connectivity index (χ0n) is 10.1. The van der Waals surface area contributed by atoms with Crippen molar-refractivity contribution in [1.29, 1.82) is 0 Å². The van der Waals surface area contributed by atoms with Crippen LogP contribution in [0.2, 0.25) is 0 Å². The Morgan fingerprint density at radius 3 is 3.00 bits per heavy atom. The number of fused-ring (bicyclic) bond motifs is 1. The van der Waals surface area contributed by atoms with Gasteiger partial charge in [0.2, 0.25) is 0 Å². The van der Waals surface area contributed by atoms with E-state index >= 15 is 0 Å². The highest BCUT2D eigenvalue weighted by Crippen LogP contribution is 2.34. The van der Waals surface area contributed by atoms with Crippen LogP contribution in [0, 0.1) is 5.82 Å². The monoisotopic (exact) mass is 273 g/mol. The Bertz CT molecular complexity index is 724. The van der Waals surface area contributed by atoms with Crippen molar-refractivity contribution in [2.24, 2.45) is 5.73 Å². The molecule has 0 fully saturated rings. The van der Waals surface area contributed by atoms with Gasteiger partial charge in [-0.15, -0.1) is 11.3 Å². The predicted octanol–water partition coefficient (Wildman–Crippen LogP) is 3.00. The minimum atomic E-state index is -0.190. The van der Waals surface area contributed by atoms with Crippen LogP contribution in [0.3, 0.4) is 0 Å². The maximum atomic E-state index is 13.7. The van der Waals surface area contributed by atoms with Crippen LogP contribution in [0.1, 0.15) is 5.82 Å². The standard InChI is InChI=1S/C14H12FN3S/c15-11-3-1-2-9-10(8-19-14(9)11)12-5-7-17-13(18-12)4-6-16/h1-3,5,7-8H,4,6,16H2. The van der Waals surface area contributed by atoms with Gasteiger partial charge in [0.05, 0.1) is 10.4 Å². The average molecular weight is 273 g/mol. The van der Waals surface area contributed by atoms with Crippen LogP contribution >= 0.6 is 11.3 Å². The van der Waals surface area contributed by atoms with E-state index in [0.717, 1.165) is 22.5 Å². The summed E-state index contributed by atoms with van der Waals surface area (Å²) >= 11 is 1.39. The third kappa shape index (κ3) is 2.22. The SMILES string of the molecule is NCCc1nccc(-c2csc3c(F)cccc23)n1. The molecule has 0 aliphatic rings. The molecule has 0 radical (unpaired) electrons. The first-order chi connectivity index (χ1) is 9.29. The normalized spacial score (nSPS) is 11.1. The van der Waals surface area contributed by atoms with Crippen molar-refractivity contribution in [2.45, 2.75) is 6.42 Å². The molecule has 3 nitrogen and oxygen atoms in total. The number of halogens is 1. The van der Waals surface area contributed by atoms with Crippen LogP contribution in [-0.2, 0) is 6.42 Å². The maximum absolute atomic E-state index is 13.7. The molecule has 1 aromatic carbocycles. The van der Waals surface area contributed by atoms with Gasteiger partial charge in [0.1, 0.15) is 11.6 Å². The third-order valence-corrected chi connectivity index (χ3v) is 3.91. The number of thiophene rings is 1. The molecule has 0 saturated carbocycles. The maximum Gasteiger partial charge on any atom is 0.141 e. The van der Waals surface area contributed by atoms with Crippen LogP contribution in [-0.4, -0.2) is 16.5 Å². The van der Waals surface area contributed by atoms with E-state index in [9.17, 15) is 4.39 Å². The first kappa shape index (κ1) is 12.2. The van der Waals surface area contributed by atoms with Crippen LogP contribution in [0.4, 0.5) is 4.39 Å². The van der Waals surface area contributed by atoms with Gasteiger partial charge in [-0.05, 0) is 18.7 Å². The lowest BCUT2D eigenvalue weighted by Gasteiger charge is -2.02. The second-order valence-electron chi connectivity index (χ2n) is 4.16. The summed E-state index contributed by atoms with van der Waals surface area (Å²) in [6.07, 6.45) is 2.36. The minimum absolute atomic E-state index is 0.190. The summed E-state index contributed by atoms with van der Waals surface area (Å²) in [5.74, 6) is 0.528. The molecule has 0 spiro atoms. The topological polar surface area (TPSA) is 51.8 Å². The first-order valence-corrected chi connectivity index (χ1v) is 6.85. The highest BCUT2D eigenvalue weighted by atomic mass is 32.1. The van der Waals surface area contributed by atoms with Gasteiger partial charge in [0.15, 0.2) is 0 Å². The van der Waals surface area contributed by atoms with Gasteiger partial charge in [-0.3, -0.25) is 0 Å². The van der Waals surface area contributed by atoms with Gasteiger partial charge in [-0.25, -0.2) is 14.4 Å². The Labute approximate surface area is 113 Å². The number of benzene rings is 1. The number of hydrogen-bond donors (Lipinski definition) is 1. The van der Waals surface area contributed by atoms with E-state index in [1.807, 2.05) is 17.5 Å². The Hall–Kier alpha value is -1.85. The largest absolute Gasteiger partial charge is 0.330 e. The second-order valence-corrected chi connectivity index (χ2v) is 5.04. The van der Waals surface area contributed by atoms with Gasteiger partial charge < -0.3 is 5.73 Å². The van der Waals surface area contributed by atoms with Crippen molar-refractivity contribution in [2.75, 3.05) is 6.54 Å². The van der Waals surface area contributed by atoms with Gasteiger partial charge >= 0.3 is 0 Å². The van der Waals surface area contributed by atoms with Crippen LogP contribution < -0.4 is 5.73 Å². The molecule has 0 amide bonds. The summed E-state index contributed by atoms with van der Waals surface area (Å²) in [4.78, 5) is 8.65. The van der Waals surface area contributed by atoms with Gasteiger partial charge in [-0.1, -0.05) is 12.1 Å². The molecule has 0 bridgehead atoms. The van der Waals surface area contributed by atoms with E-state index in [4.69, 9.17) is 5.73 Å². The molecule has 0 saturated heterocycles.